The van der Waals surface area contributed by atoms with Gasteiger partial charge in [-0.15, -0.1) is 0 Å². The summed E-state index contributed by atoms with van der Waals surface area (Å²) >= 11 is 0. The number of hydrogen-bond acceptors (Lipinski definition) is 2. The van der Waals surface area contributed by atoms with Crippen LogP contribution in [0.3, 0.4) is 0 Å². The molecule has 0 aliphatic heterocycles. The van der Waals surface area contributed by atoms with E-state index in [-0.39, 0.29) is 5.91 Å². The average Bonchev–Trinajstić information content (AvgIpc) is 2.59. The number of fused-ring (bicyclic) bond motifs is 1. The molecule has 84 valence electrons. The van der Waals surface area contributed by atoms with Gasteiger partial charge >= 0.3 is 0 Å². The Hall–Kier alpha value is -1.84. The van der Waals surface area contributed by atoms with Crippen LogP contribution in [0.2, 0.25) is 0 Å². The van der Waals surface area contributed by atoms with Crippen LogP contribution in [0.4, 0.5) is 5.69 Å². The third-order valence-corrected chi connectivity index (χ3v) is 2.37. The van der Waals surface area contributed by atoms with E-state index in [0.29, 0.717) is 5.92 Å². The number of amides is 1. The number of hydrogen-bond donors (Lipinski definition) is 2. The highest BCUT2D eigenvalue weighted by Gasteiger charge is 2.06. The summed E-state index contributed by atoms with van der Waals surface area (Å²) in [6.45, 7) is 5.68. The predicted molar refractivity (Wildman–Crippen MR) is 64.5 cm³/mol. The maximum Gasteiger partial charge on any atom is 0.221 e. The van der Waals surface area contributed by atoms with Gasteiger partial charge in [-0.1, -0.05) is 13.8 Å². The Balaban J connectivity index is 2.41. The second kappa shape index (κ2) is 3.96. The minimum Gasteiger partial charge on any atom is -0.342 e. The molecule has 1 aromatic heterocycles. The zero-order valence-corrected chi connectivity index (χ0v) is 9.66. The van der Waals surface area contributed by atoms with Crippen molar-refractivity contribution in [3.8, 4) is 0 Å². The molecule has 0 aliphatic rings. The summed E-state index contributed by atoms with van der Waals surface area (Å²) in [5, 5.41) is 2.75. The molecule has 2 rings (SSSR count). The normalized spacial score (nSPS) is 11.0. The number of H-pyrrole nitrogens is 1. The number of aromatic amines is 1. The van der Waals surface area contributed by atoms with Crippen molar-refractivity contribution in [1.29, 1.82) is 0 Å². The zero-order valence-electron chi connectivity index (χ0n) is 9.66. The molecular formula is C12H15N3O. The first-order valence-electron chi connectivity index (χ1n) is 5.33. The van der Waals surface area contributed by atoms with Crippen LogP contribution in [0, 0.1) is 0 Å². The number of imidazole rings is 1. The summed E-state index contributed by atoms with van der Waals surface area (Å²) in [7, 11) is 0. The van der Waals surface area contributed by atoms with Gasteiger partial charge in [0.05, 0.1) is 11.0 Å². The van der Waals surface area contributed by atoms with Crippen LogP contribution in [0.15, 0.2) is 18.2 Å². The molecule has 0 spiro atoms. The van der Waals surface area contributed by atoms with Crippen molar-refractivity contribution in [1.82, 2.24) is 9.97 Å². The molecule has 0 atom stereocenters. The molecule has 0 fully saturated rings. The third kappa shape index (κ3) is 2.05. The standard InChI is InChI=1S/C12H15N3O/c1-7(2)12-14-10-5-4-9(13-8(3)16)6-11(10)15-12/h4-7H,1-3H3,(H,13,16)(H,14,15). The van der Waals surface area contributed by atoms with Crippen LogP contribution < -0.4 is 5.32 Å². The summed E-state index contributed by atoms with van der Waals surface area (Å²) in [5.41, 5.74) is 2.67. The van der Waals surface area contributed by atoms with Crippen LogP contribution >= 0.6 is 0 Å². The van der Waals surface area contributed by atoms with Crippen molar-refractivity contribution in [2.24, 2.45) is 0 Å². The molecule has 4 heteroatoms. The Kier molecular flexibility index (Phi) is 2.64. The first-order valence-corrected chi connectivity index (χ1v) is 5.33. The smallest absolute Gasteiger partial charge is 0.221 e. The Morgan fingerprint density at radius 3 is 2.81 bits per heavy atom. The maximum atomic E-state index is 10.9. The number of nitrogens with zero attached hydrogens (tertiary/aromatic N) is 1. The van der Waals surface area contributed by atoms with Crippen molar-refractivity contribution in [2.75, 3.05) is 5.32 Å². The summed E-state index contributed by atoms with van der Waals surface area (Å²) in [4.78, 5) is 18.6. The van der Waals surface area contributed by atoms with Crippen molar-refractivity contribution in [3.05, 3.63) is 24.0 Å². The van der Waals surface area contributed by atoms with Gasteiger partial charge < -0.3 is 10.3 Å². The molecule has 1 amide bonds. The number of carbonyl (C=O) groups excluding carboxylic acids is 1. The van der Waals surface area contributed by atoms with E-state index in [4.69, 9.17) is 0 Å². The van der Waals surface area contributed by atoms with Crippen LogP contribution in [-0.2, 0) is 4.79 Å². The van der Waals surface area contributed by atoms with Gasteiger partial charge in [0.15, 0.2) is 0 Å². The molecular weight excluding hydrogens is 202 g/mol. The second-order valence-electron chi connectivity index (χ2n) is 4.19. The molecule has 4 nitrogen and oxygen atoms in total. The minimum atomic E-state index is -0.0667. The lowest BCUT2D eigenvalue weighted by Crippen LogP contribution is -2.05. The largest absolute Gasteiger partial charge is 0.342 e. The van der Waals surface area contributed by atoms with E-state index in [1.165, 1.54) is 6.92 Å². The van der Waals surface area contributed by atoms with Gasteiger partial charge in [-0.2, -0.15) is 0 Å². The molecule has 0 bridgehead atoms. The Bertz CT molecular complexity index is 528. The lowest BCUT2D eigenvalue weighted by Gasteiger charge is -2.00. The van der Waals surface area contributed by atoms with E-state index in [0.717, 1.165) is 22.5 Å². The lowest BCUT2D eigenvalue weighted by atomic mass is 10.2. The predicted octanol–water partition coefficient (Wildman–Crippen LogP) is 2.64. The molecule has 1 heterocycles. The van der Waals surface area contributed by atoms with Gasteiger partial charge in [-0.05, 0) is 18.2 Å². The van der Waals surface area contributed by atoms with Gasteiger partial charge in [0.1, 0.15) is 5.82 Å². The molecule has 16 heavy (non-hydrogen) atoms. The SMILES string of the molecule is CC(=O)Nc1ccc2nc(C(C)C)[nH]c2c1. The fraction of sp³-hybridized carbons (Fsp3) is 0.333. The number of benzene rings is 1. The molecule has 0 radical (unpaired) electrons. The summed E-state index contributed by atoms with van der Waals surface area (Å²) < 4.78 is 0. The van der Waals surface area contributed by atoms with Crippen LogP contribution in [0.5, 0.6) is 0 Å². The molecule has 0 saturated carbocycles. The van der Waals surface area contributed by atoms with Gasteiger partial charge in [0.25, 0.3) is 0 Å². The highest BCUT2D eigenvalue weighted by atomic mass is 16.1. The molecule has 0 saturated heterocycles. The Morgan fingerprint density at radius 2 is 2.19 bits per heavy atom. The topological polar surface area (TPSA) is 57.8 Å². The van der Waals surface area contributed by atoms with E-state index in [1.807, 2.05) is 18.2 Å². The van der Waals surface area contributed by atoms with Crippen molar-refractivity contribution >= 4 is 22.6 Å². The Labute approximate surface area is 94.1 Å². The van der Waals surface area contributed by atoms with E-state index < -0.39 is 0 Å². The first-order chi connectivity index (χ1) is 7.56. The Morgan fingerprint density at radius 1 is 1.44 bits per heavy atom. The summed E-state index contributed by atoms with van der Waals surface area (Å²) in [6.07, 6.45) is 0. The maximum absolute atomic E-state index is 10.9. The summed E-state index contributed by atoms with van der Waals surface area (Å²) in [5.74, 6) is 1.27. The zero-order chi connectivity index (χ0) is 11.7. The molecule has 2 aromatic rings. The highest BCUT2D eigenvalue weighted by molar-refractivity contribution is 5.91. The van der Waals surface area contributed by atoms with Crippen LogP contribution in [0.1, 0.15) is 32.5 Å². The molecule has 1 aromatic carbocycles. The minimum absolute atomic E-state index is 0.0667. The molecule has 0 aliphatic carbocycles. The van der Waals surface area contributed by atoms with Crippen molar-refractivity contribution in [2.45, 2.75) is 26.7 Å². The number of anilines is 1. The van der Waals surface area contributed by atoms with Crippen molar-refractivity contribution in [3.63, 3.8) is 0 Å². The van der Waals surface area contributed by atoms with E-state index in [2.05, 4.69) is 29.1 Å². The van der Waals surface area contributed by atoms with Gasteiger partial charge in [-0.25, -0.2) is 4.98 Å². The van der Waals surface area contributed by atoms with Gasteiger partial charge in [0, 0.05) is 18.5 Å². The monoisotopic (exact) mass is 217 g/mol. The van der Waals surface area contributed by atoms with Gasteiger partial charge in [0.2, 0.25) is 5.91 Å². The van der Waals surface area contributed by atoms with E-state index in [1.54, 1.807) is 0 Å². The fourth-order valence-electron chi connectivity index (χ4n) is 1.58. The summed E-state index contributed by atoms with van der Waals surface area (Å²) in [6, 6.07) is 5.66. The second-order valence-corrected chi connectivity index (χ2v) is 4.19. The van der Waals surface area contributed by atoms with E-state index >= 15 is 0 Å². The van der Waals surface area contributed by atoms with E-state index in [9.17, 15) is 4.79 Å². The third-order valence-electron chi connectivity index (χ3n) is 2.37. The van der Waals surface area contributed by atoms with Crippen LogP contribution in [0.25, 0.3) is 11.0 Å². The fourth-order valence-corrected chi connectivity index (χ4v) is 1.58. The average molecular weight is 217 g/mol. The number of aromatic nitrogens is 2. The molecule has 2 N–H and O–H groups in total. The van der Waals surface area contributed by atoms with Crippen molar-refractivity contribution < 1.29 is 4.79 Å². The van der Waals surface area contributed by atoms with Gasteiger partial charge in [-0.3, -0.25) is 4.79 Å². The van der Waals surface area contributed by atoms with Crippen LogP contribution in [-0.4, -0.2) is 15.9 Å². The lowest BCUT2D eigenvalue weighted by molar-refractivity contribution is -0.114. The quantitative estimate of drug-likeness (QED) is 0.812. The highest BCUT2D eigenvalue weighted by Crippen LogP contribution is 2.20. The first kappa shape index (κ1) is 10.7. The molecule has 0 unspecified atom stereocenters. The number of nitrogens with one attached hydrogen (secondary N) is 2. The number of carbonyl (C=O) groups is 1. The number of rotatable bonds is 2.